The zero-order valence-electron chi connectivity index (χ0n) is 14.5. The molecule has 5 heteroatoms. The van der Waals surface area contributed by atoms with Crippen molar-refractivity contribution < 1.29 is 14.3 Å². The first kappa shape index (κ1) is 16.1. The Labute approximate surface area is 151 Å². The molecule has 5 nitrogen and oxygen atoms in total. The largest absolute Gasteiger partial charge is 0.466 e. The summed E-state index contributed by atoms with van der Waals surface area (Å²) in [4.78, 5) is 25.5. The molecule has 1 aliphatic heterocycles. The number of amides is 2. The van der Waals surface area contributed by atoms with E-state index in [1.54, 1.807) is 6.07 Å². The van der Waals surface area contributed by atoms with Crippen LogP contribution in [0.15, 0.2) is 60.7 Å². The number of ether oxygens (including phenoxy) is 1. The van der Waals surface area contributed by atoms with Gasteiger partial charge in [0.05, 0.1) is 5.69 Å². The number of nitrogens with one attached hydrogen (secondary N) is 2. The average Bonchev–Trinajstić information content (AvgIpc) is 2.63. The molecule has 4 rings (SSSR count). The summed E-state index contributed by atoms with van der Waals surface area (Å²) >= 11 is 0. The van der Waals surface area contributed by atoms with Gasteiger partial charge in [0.25, 0.3) is 17.4 Å². The average molecular weight is 346 g/mol. The lowest BCUT2D eigenvalue weighted by atomic mass is 10.0. The summed E-state index contributed by atoms with van der Waals surface area (Å²) in [6.45, 7) is 3.40. The number of aryl methyl sites for hydroxylation is 1. The number of hydrogen-bond donors (Lipinski definition) is 2. The van der Waals surface area contributed by atoms with E-state index in [4.69, 9.17) is 4.74 Å². The molecule has 26 heavy (non-hydrogen) atoms. The first-order valence-corrected chi connectivity index (χ1v) is 8.38. The van der Waals surface area contributed by atoms with Crippen LogP contribution in [-0.4, -0.2) is 17.4 Å². The SMILES string of the molecule is Cc1ccc2c(c1)NC(=O)C(C)(C(=O)Nc1cccc3ccccc13)O2. The number of hydrogen-bond acceptors (Lipinski definition) is 3. The molecule has 2 amide bonds. The predicted octanol–water partition coefficient (Wildman–Crippen LogP) is 3.88. The van der Waals surface area contributed by atoms with Crippen molar-refractivity contribution >= 4 is 34.0 Å². The molecule has 0 aliphatic carbocycles. The highest BCUT2D eigenvalue weighted by Crippen LogP contribution is 2.35. The van der Waals surface area contributed by atoms with Crippen molar-refractivity contribution in [1.29, 1.82) is 0 Å². The molecule has 1 heterocycles. The number of carbonyl (C=O) groups is 2. The van der Waals surface area contributed by atoms with Gasteiger partial charge in [-0.2, -0.15) is 0 Å². The van der Waals surface area contributed by atoms with Crippen molar-refractivity contribution in [3.63, 3.8) is 0 Å². The Morgan fingerprint density at radius 1 is 1.08 bits per heavy atom. The number of benzene rings is 3. The minimum absolute atomic E-state index is 0.478. The van der Waals surface area contributed by atoms with Crippen molar-refractivity contribution in [3.8, 4) is 5.75 Å². The smallest absolute Gasteiger partial charge is 0.278 e. The van der Waals surface area contributed by atoms with Crippen molar-refractivity contribution in [2.24, 2.45) is 0 Å². The zero-order valence-corrected chi connectivity index (χ0v) is 14.5. The Kier molecular flexibility index (Phi) is 3.65. The Balaban J connectivity index is 1.67. The lowest BCUT2D eigenvalue weighted by molar-refractivity contribution is -0.143. The van der Waals surface area contributed by atoms with E-state index in [2.05, 4.69) is 10.6 Å². The number of rotatable bonds is 2. The third kappa shape index (κ3) is 2.58. The molecular formula is C21H18N2O3. The van der Waals surface area contributed by atoms with Gasteiger partial charge in [0.2, 0.25) is 0 Å². The van der Waals surface area contributed by atoms with Gasteiger partial charge >= 0.3 is 0 Å². The van der Waals surface area contributed by atoms with Crippen LogP contribution in [0.2, 0.25) is 0 Å². The van der Waals surface area contributed by atoms with Crippen molar-refractivity contribution in [3.05, 3.63) is 66.2 Å². The van der Waals surface area contributed by atoms with E-state index in [9.17, 15) is 9.59 Å². The van der Waals surface area contributed by atoms with E-state index in [0.717, 1.165) is 16.3 Å². The van der Waals surface area contributed by atoms with Crippen LogP contribution >= 0.6 is 0 Å². The third-order valence-corrected chi connectivity index (χ3v) is 4.60. The number of anilines is 2. The highest BCUT2D eigenvalue weighted by atomic mass is 16.5. The van der Waals surface area contributed by atoms with Crippen LogP contribution in [0.1, 0.15) is 12.5 Å². The van der Waals surface area contributed by atoms with E-state index >= 15 is 0 Å². The van der Waals surface area contributed by atoms with Gasteiger partial charge in [-0.25, -0.2) is 0 Å². The quantitative estimate of drug-likeness (QED) is 0.692. The molecule has 1 atom stereocenters. The van der Waals surface area contributed by atoms with Gasteiger partial charge in [0.15, 0.2) is 0 Å². The van der Waals surface area contributed by atoms with Crippen molar-refractivity contribution in [1.82, 2.24) is 0 Å². The summed E-state index contributed by atoms with van der Waals surface area (Å²) in [6, 6.07) is 18.8. The van der Waals surface area contributed by atoms with Crippen LogP contribution in [0, 0.1) is 6.92 Å². The molecule has 2 N–H and O–H groups in total. The lowest BCUT2D eigenvalue weighted by Crippen LogP contribution is -2.56. The predicted molar refractivity (Wildman–Crippen MR) is 101 cm³/mol. The van der Waals surface area contributed by atoms with Crippen molar-refractivity contribution in [2.75, 3.05) is 10.6 Å². The number of fused-ring (bicyclic) bond motifs is 2. The second-order valence-corrected chi connectivity index (χ2v) is 6.57. The van der Waals surface area contributed by atoms with E-state index in [1.165, 1.54) is 6.92 Å². The van der Waals surface area contributed by atoms with Gasteiger partial charge in [-0.15, -0.1) is 0 Å². The first-order valence-electron chi connectivity index (χ1n) is 8.38. The second kappa shape index (κ2) is 5.88. The Bertz CT molecular complexity index is 1040. The van der Waals surface area contributed by atoms with Gasteiger partial charge in [-0.05, 0) is 43.0 Å². The van der Waals surface area contributed by atoms with Crippen LogP contribution in [0.5, 0.6) is 5.75 Å². The van der Waals surface area contributed by atoms with Gasteiger partial charge < -0.3 is 15.4 Å². The second-order valence-electron chi connectivity index (χ2n) is 6.57. The molecule has 0 spiro atoms. The molecule has 3 aromatic rings. The standard InChI is InChI=1S/C21H18N2O3/c1-13-10-11-18-17(12-13)23-20(25)21(2,26-18)19(24)22-16-9-5-7-14-6-3-4-8-15(14)16/h3-12H,1-2H3,(H,22,24)(H,23,25). The molecule has 0 aromatic heterocycles. The molecule has 0 saturated heterocycles. The highest BCUT2D eigenvalue weighted by molar-refractivity contribution is 6.20. The van der Waals surface area contributed by atoms with Crippen LogP contribution in [0.4, 0.5) is 11.4 Å². The molecule has 0 saturated carbocycles. The monoisotopic (exact) mass is 346 g/mol. The Morgan fingerprint density at radius 2 is 1.85 bits per heavy atom. The van der Waals surface area contributed by atoms with Crippen LogP contribution in [0.25, 0.3) is 10.8 Å². The molecule has 3 aromatic carbocycles. The molecule has 0 radical (unpaired) electrons. The summed E-state index contributed by atoms with van der Waals surface area (Å²) in [7, 11) is 0. The van der Waals surface area contributed by atoms with Gasteiger partial charge in [0, 0.05) is 11.1 Å². The fourth-order valence-corrected chi connectivity index (χ4v) is 3.06. The molecule has 1 aliphatic rings. The highest BCUT2D eigenvalue weighted by Gasteiger charge is 2.47. The fourth-order valence-electron chi connectivity index (χ4n) is 3.06. The van der Waals surface area contributed by atoms with Crippen LogP contribution in [0.3, 0.4) is 0 Å². The Hall–Kier alpha value is -3.34. The van der Waals surface area contributed by atoms with E-state index in [1.807, 2.05) is 61.5 Å². The normalized spacial score (nSPS) is 18.6. The van der Waals surface area contributed by atoms with Crippen molar-refractivity contribution in [2.45, 2.75) is 19.4 Å². The molecule has 130 valence electrons. The summed E-state index contributed by atoms with van der Waals surface area (Å²) in [6.07, 6.45) is 0. The maximum Gasteiger partial charge on any atom is 0.278 e. The maximum atomic E-state index is 12.9. The molecular weight excluding hydrogens is 328 g/mol. The van der Waals surface area contributed by atoms with Gasteiger partial charge in [-0.3, -0.25) is 9.59 Å². The molecule has 0 bridgehead atoms. The van der Waals surface area contributed by atoms with E-state index in [0.29, 0.717) is 17.1 Å². The minimum Gasteiger partial charge on any atom is -0.466 e. The molecule has 0 fully saturated rings. The third-order valence-electron chi connectivity index (χ3n) is 4.60. The topological polar surface area (TPSA) is 67.4 Å². The van der Waals surface area contributed by atoms with Gasteiger partial charge in [0.1, 0.15) is 5.75 Å². The minimum atomic E-state index is -1.65. The molecule has 1 unspecified atom stereocenters. The fraction of sp³-hybridized carbons (Fsp3) is 0.143. The summed E-state index contributed by atoms with van der Waals surface area (Å²) in [5, 5.41) is 7.52. The maximum absolute atomic E-state index is 12.9. The van der Waals surface area contributed by atoms with Crippen LogP contribution < -0.4 is 15.4 Å². The van der Waals surface area contributed by atoms with Crippen LogP contribution in [-0.2, 0) is 9.59 Å². The Morgan fingerprint density at radius 3 is 2.69 bits per heavy atom. The van der Waals surface area contributed by atoms with E-state index < -0.39 is 17.4 Å². The summed E-state index contributed by atoms with van der Waals surface area (Å²) in [5.74, 6) is -0.531. The zero-order chi connectivity index (χ0) is 18.3. The number of carbonyl (C=O) groups excluding carboxylic acids is 2. The summed E-state index contributed by atoms with van der Waals surface area (Å²) in [5.41, 5.74) is 0.557. The summed E-state index contributed by atoms with van der Waals surface area (Å²) < 4.78 is 5.81. The van der Waals surface area contributed by atoms with E-state index in [-0.39, 0.29) is 0 Å². The lowest BCUT2D eigenvalue weighted by Gasteiger charge is -2.33. The van der Waals surface area contributed by atoms with Gasteiger partial charge in [-0.1, -0.05) is 42.5 Å². The first-order chi connectivity index (χ1) is 12.5.